The molecule has 1 rings (SSSR count). The lowest BCUT2D eigenvalue weighted by atomic mass is 9.87. The van der Waals surface area contributed by atoms with Gasteiger partial charge < -0.3 is 9.84 Å². The summed E-state index contributed by atoms with van der Waals surface area (Å²) in [7, 11) is 0. The van der Waals surface area contributed by atoms with Crippen LogP contribution in [0.25, 0.3) is 0 Å². The van der Waals surface area contributed by atoms with E-state index in [1.165, 1.54) is 0 Å². The topological polar surface area (TPSA) is 63.6 Å². The molecule has 0 aromatic carbocycles. The number of hydrogen-bond donors (Lipinski definition) is 1. The van der Waals surface area contributed by atoms with Crippen LogP contribution in [0.5, 0.6) is 0 Å². The van der Waals surface area contributed by atoms with Crippen molar-refractivity contribution in [3.63, 3.8) is 0 Å². The minimum Gasteiger partial charge on any atom is -0.481 e. The Morgan fingerprint density at radius 2 is 1.86 bits per heavy atom. The van der Waals surface area contributed by atoms with E-state index in [1.54, 1.807) is 0 Å². The molecule has 0 saturated heterocycles. The number of alkyl halides is 1. The van der Waals surface area contributed by atoms with Gasteiger partial charge in [0, 0.05) is 0 Å². The van der Waals surface area contributed by atoms with Crippen LogP contribution in [0, 0.1) is 5.92 Å². The average molecular weight is 265 g/mol. The van der Waals surface area contributed by atoms with E-state index >= 15 is 0 Å². The zero-order chi connectivity index (χ0) is 10.6. The minimum atomic E-state index is -0.740. The van der Waals surface area contributed by atoms with Gasteiger partial charge in [0.25, 0.3) is 0 Å². The third-order valence-corrected chi connectivity index (χ3v) is 2.89. The predicted molar refractivity (Wildman–Crippen MR) is 53.3 cm³/mol. The lowest BCUT2D eigenvalue weighted by Crippen LogP contribution is -2.28. The third-order valence-electron chi connectivity index (χ3n) is 2.43. The fourth-order valence-corrected chi connectivity index (χ4v) is 1.78. The molecule has 0 aromatic rings. The van der Waals surface area contributed by atoms with Crippen molar-refractivity contribution in [1.82, 2.24) is 0 Å². The van der Waals surface area contributed by atoms with Crippen LogP contribution in [0.1, 0.15) is 25.7 Å². The molecule has 0 atom stereocenters. The second kappa shape index (κ2) is 5.34. The predicted octanol–water partition coefficient (Wildman–Crippen LogP) is 1.57. The highest BCUT2D eigenvalue weighted by Gasteiger charge is 2.27. The molecule has 1 saturated carbocycles. The van der Waals surface area contributed by atoms with Crippen molar-refractivity contribution in [2.45, 2.75) is 31.8 Å². The molecule has 1 N–H and O–H groups in total. The molecule has 0 heterocycles. The monoisotopic (exact) mass is 264 g/mol. The van der Waals surface area contributed by atoms with Crippen molar-refractivity contribution in [3.05, 3.63) is 0 Å². The molecule has 1 aliphatic rings. The number of carbonyl (C=O) groups excluding carboxylic acids is 1. The van der Waals surface area contributed by atoms with Gasteiger partial charge in [0.1, 0.15) is 11.4 Å². The summed E-state index contributed by atoms with van der Waals surface area (Å²) in [5.74, 6) is -1.27. The first-order valence-corrected chi connectivity index (χ1v) is 5.74. The molecule has 4 nitrogen and oxygen atoms in total. The molecule has 1 aliphatic carbocycles. The lowest BCUT2D eigenvalue weighted by molar-refractivity contribution is -0.149. The zero-order valence-electron chi connectivity index (χ0n) is 7.74. The molecule has 0 aromatic heterocycles. The Morgan fingerprint density at radius 3 is 2.29 bits per heavy atom. The average Bonchev–Trinajstić information content (AvgIpc) is 2.18. The summed E-state index contributed by atoms with van der Waals surface area (Å²) in [6.07, 6.45) is 2.45. The maximum atomic E-state index is 10.9. The standard InChI is InChI=1S/C9H13BrO4/c10-5-8(11)14-7-3-1-6(2-4-7)9(12)13/h6-7H,1-5H2,(H,12,13). The molecule has 0 unspecified atom stereocenters. The van der Waals surface area contributed by atoms with Crippen LogP contribution >= 0.6 is 15.9 Å². The van der Waals surface area contributed by atoms with Gasteiger partial charge in [-0.1, -0.05) is 15.9 Å². The molecular weight excluding hydrogens is 252 g/mol. The minimum absolute atomic E-state index is 0.0874. The van der Waals surface area contributed by atoms with Crippen LogP contribution in [-0.4, -0.2) is 28.5 Å². The van der Waals surface area contributed by atoms with E-state index in [0.717, 1.165) is 0 Å². The van der Waals surface area contributed by atoms with Crippen molar-refractivity contribution in [2.24, 2.45) is 5.92 Å². The van der Waals surface area contributed by atoms with E-state index in [0.29, 0.717) is 25.7 Å². The highest BCUT2D eigenvalue weighted by atomic mass is 79.9. The molecule has 14 heavy (non-hydrogen) atoms. The smallest absolute Gasteiger partial charge is 0.316 e. The Balaban J connectivity index is 2.29. The molecule has 0 spiro atoms. The van der Waals surface area contributed by atoms with Gasteiger partial charge in [0.2, 0.25) is 0 Å². The summed E-state index contributed by atoms with van der Waals surface area (Å²) in [5.41, 5.74) is 0. The van der Waals surface area contributed by atoms with E-state index in [1.807, 2.05) is 0 Å². The van der Waals surface area contributed by atoms with Gasteiger partial charge in [-0.2, -0.15) is 0 Å². The zero-order valence-corrected chi connectivity index (χ0v) is 9.33. The summed E-state index contributed by atoms with van der Waals surface area (Å²) in [4.78, 5) is 21.5. The highest BCUT2D eigenvalue weighted by Crippen LogP contribution is 2.26. The number of aliphatic carboxylic acids is 1. The Hall–Kier alpha value is -0.580. The number of carbonyl (C=O) groups is 2. The summed E-state index contributed by atoms with van der Waals surface area (Å²) in [5, 5.41) is 8.94. The molecule has 5 heteroatoms. The van der Waals surface area contributed by atoms with Crippen LogP contribution in [0.2, 0.25) is 0 Å². The Kier molecular flexibility index (Phi) is 4.38. The van der Waals surface area contributed by atoms with Crippen LogP contribution in [0.4, 0.5) is 0 Å². The summed E-state index contributed by atoms with van der Waals surface area (Å²) >= 11 is 3.01. The quantitative estimate of drug-likeness (QED) is 0.621. The fraction of sp³-hybridized carbons (Fsp3) is 0.778. The van der Waals surface area contributed by atoms with Gasteiger partial charge in [0.15, 0.2) is 0 Å². The molecule has 0 aliphatic heterocycles. The first kappa shape index (κ1) is 11.5. The van der Waals surface area contributed by atoms with Gasteiger partial charge in [0.05, 0.1) is 5.92 Å². The van der Waals surface area contributed by atoms with Crippen molar-refractivity contribution < 1.29 is 19.4 Å². The van der Waals surface area contributed by atoms with E-state index in [-0.39, 0.29) is 23.3 Å². The Bertz CT molecular complexity index is 221. The number of halogens is 1. The second-order valence-corrected chi connectivity index (χ2v) is 4.00. The number of hydrogen-bond acceptors (Lipinski definition) is 3. The number of rotatable bonds is 3. The second-order valence-electron chi connectivity index (χ2n) is 3.44. The normalized spacial score (nSPS) is 26.9. The van der Waals surface area contributed by atoms with Gasteiger partial charge in [-0.05, 0) is 25.7 Å². The van der Waals surface area contributed by atoms with Gasteiger partial charge in [-0.3, -0.25) is 9.59 Å². The van der Waals surface area contributed by atoms with Crippen LogP contribution in [-0.2, 0) is 14.3 Å². The molecular formula is C9H13BrO4. The molecule has 0 radical (unpaired) electrons. The van der Waals surface area contributed by atoms with Crippen LogP contribution in [0.15, 0.2) is 0 Å². The lowest BCUT2D eigenvalue weighted by Gasteiger charge is -2.25. The SMILES string of the molecule is O=C(CBr)OC1CCC(C(=O)O)CC1. The van der Waals surface area contributed by atoms with E-state index in [9.17, 15) is 9.59 Å². The number of ether oxygens (including phenoxy) is 1. The fourth-order valence-electron chi connectivity index (χ4n) is 1.65. The maximum absolute atomic E-state index is 10.9. The van der Waals surface area contributed by atoms with E-state index in [4.69, 9.17) is 9.84 Å². The number of carboxylic acids is 1. The van der Waals surface area contributed by atoms with E-state index < -0.39 is 5.97 Å². The summed E-state index contributed by atoms with van der Waals surface area (Å²) in [6.45, 7) is 0. The summed E-state index contributed by atoms with van der Waals surface area (Å²) in [6, 6.07) is 0. The summed E-state index contributed by atoms with van der Waals surface area (Å²) < 4.78 is 5.09. The van der Waals surface area contributed by atoms with Gasteiger partial charge in [-0.15, -0.1) is 0 Å². The van der Waals surface area contributed by atoms with Crippen LogP contribution < -0.4 is 0 Å². The number of carboxylic acid groups (broad SMARTS) is 1. The molecule has 0 amide bonds. The number of esters is 1. The largest absolute Gasteiger partial charge is 0.481 e. The Morgan fingerprint density at radius 1 is 1.29 bits per heavy atom. The third kappa shape index (κ3) is 3.29. The molecule has 0 bridgehead atoms. The molecule has 1 fully saturated rings. The first-order chi connectivity index (χ1) is 6.63. The van der Waals surface area contributed by atoms with Crippen molar-refractivity contribution in [3.8, 4) is 0 Å². The van der Waals surface area contributed by atoms with Gasteiger partial charge >= 0.3 is 11.9 Å². The highest BCUT2D eigenvalue weighted by molar-refractivity contribution is 9.09. The van der Waals surface area contributed by atoms with E-state index in [2.05, 4.69) is 15.9 Å². The van der Waals surface area contributed by atoms with Crippen molar-refractivity contribution in [1.29, 1.82) is 0 Å². The Labute approximate surface area is 90.8 Å². The molecule has 80 valence electrons. The first-order valence-electron chi connectivity index (χ1n) is 4.61. The van der Waals surface area contributed by atoms with Crippen molar-refractivity contribution in [2.75, 3.05) is 5.33 Å². The van der Waals surface area contributed by atoms with Crippen LogP contribution in [0.3, 0.4) is 0 Å². The van der Waals surface area contributed by atoms with Crippen molar-refractivity contribution >= 4 is 27.9 Å². The van der Waals surface area contributed by atoms with Gasteiger partial charge in [-0.25, -0.2) is 0 Å². The maximum Gasteiger partial charge on any atom is 0.316 e.